The van der Waals surface area contributed by atoms with Crippen LogP contribution in [0.15, 0.2) is 53.4 Å². The Kier molecular flexibility index (Phi) is 6.36. The lowest BCUT2D eigenvalue weighted by molar-refractivity contribution is -0.118. The fourth-order valence-electron chi connectivity index (χ4n) is 2.96. The highest BCUT2D eigenvalue weighted by atomic mass is 35.5. The highest BCUT2D eigenvalue weighted by molar-refractivity contribution is 7.89. The summed E-state index contributed by atoms with van der Waals surface area (Å²) < 4.78 is 32.9. The van der Waals surface area contributed by atoms with Crippen LogP contribution in [0.5, 0.6) is 5.75 Å². The number of hydrogen-bond acceptors (Lipinski definition) is 4. The first-order valence-corrected chi connectivity index (χ1v) is 10.6. The molecule has 2 aromatic rings. The predicted molar refractivity (Wildman–Crippen MR) is 105 cm³/mol. The van der Waals surface area contributed by atoms with E-state index in [0.29, 0.717) is 16.5 Å². The van der Waals surface area contributed by atoms with Gasteiger partial charge in [0.2, 0.25) is 10.0 Å². The highest BCUT2D eigenvalue weighted by Crippen LogP contribution is 2.22. The minimum absolute atomic E-state index is 0.0149. The summed E-state index contributed by atoms with van der Waals surface area (Å²) >= 11 is 5.87. The smallest absolute Gasteiger partial charge is 0.262 e. The largest absolute Gasteiger partial charge is 0.484 e. The molecule has 1 aliphatic carbocycles. The minimum Gasteiger partial charge on any atom is -0.484 e. The van der Waals surface area contributed by atoms with Crippen LogP contribution in [0.4, 0.5) is 5.69 Å². The summed E-state index contributed by atoms with van der Waals surface area (Å²) in [4.78, 5) is 12.1. The van der Waals surface area contributed by atoms with Crippen molar-refractivity contribution in [2.75, 3.05) is 11.9 Å². The first-order chi connectivity index (χ1) is 12.9. The Labute approximate surface area is 163 Å². The Balaban J connectivity index is 1.53. The number of halogens is 1. The second-order valence-electron chi connectivity index (χ2n) is 6.42. The van der Waals surface area contributed by atoms with Gasteiger partial charge in [-0.3, -0.25) is 4.79 Å². The van der Waals surface area contributed by atoms with Crippen LogP contribution < -0.4 is 14.8 Å². The summed E-state index contributed by atoms with van der Waals surface area (Å²) in [7, 11) is -3.53. The summed E-state index contributed by atoms with van der Waals surface area (Å²) in [6.45, 7) is -0.196. The van der Waals surface area contributed by atoms with Gasteiger partial charge in [-0.1, -0.05) is 30.5 Å². The molecule has 3 rings (SSSR count). The third-order valence-corrected chi connectivity index (χ3v) is 6.06. The number of amides is 1. The standard InChI is InChI=1S/C19H21ClN2O4S/c20-14-4-3-7-16(12-14)21-19(23)13-26-17-8-10-18(11-9-17)27(24,25)22-15-5-1-2-6-15/h3-4,7-12,15,22H,1-2,5-6,13H2,(H,21,23). The average Bonchev–Trinajstić information content (AvgIpc) is 3.13. The lowest BCUT2D eigenvalue weighted by Gasteiger charge is -2.13. The molecule has 0 bridgehead atoms. The lowest BCUT2D eigenvalue weighted by Crippen LogP contribution is -2.32. The highest BCUT2D eigenvalue weighted by Gasteiger charge is 2.22. The number of hydrogen-bond donors (Lipinski definition) is 2. The first kappa shape index (κ1) is 19.7. The number of carbonyl (C=O) groups excluding carboxylic acids is 1. The van der Waals surface area contributed by atoms with E-state index >= 15 is 0 Å². The molecule has 2 N–H and O–H groups in total. The number of nitrogens with one attached hydrogen (secondary N) is 2. The number of benzene rings is 2. The quantitative estimate of drug-likeness (QED) is 0.733. The van der Waals surface area contributed by atoms with Crippen molar-refractivity contribution in [1.82, 2.24) is 4.72 Å². The van der Waals surface area contributed by atoms with E-state index in [1.807, 2.05) is 0 Å². The molecule has 0 saturated heterocycles. The van der Waals surface area contributed by atoms with Crippen molar-refractivity contribution in [3.8, 4) is 5.75 Å². The second-order valence-corrected chi connectivity index (χ2v) is 8.57. The van der Waals surface area contributed by atoms with Crippen molar-refractivity contribution in [3.05, 3.63) is 53.6 Å². The van der Waals surface area contributed by atoms with E-state index in [2.05, 4.69) is 10.0 Å². The van der Waals surface area contributed by atoms with Gasteiger partial charge in [-0.2, -0.15) is 0 Å². The SMILES string of the molecule is O=C(COc1ccc(S(=O)(=O)NC2CCCC2)cc1)Nc1cccc(Cl)c1. The third-order valence-electron chi connectivity index (χ3n) is 4.29. The Morgan fingerprint density at radius 1 is 1.11 bits per heavy atom. The number of rotatable bonds is 7. The van der Waals surface area contributed by atoms with Crippen molar-refractivity contribution in [1.29, 1.82) is 0 Å². The molecule has 8 heteroatoms. The maximum absolute atomic E-state index is 12.4. The van der Waals surface area contributed by atoms with Crippen molar-refractivity contribution in [3.63, 3.8) is 0 Å². The lowest BCUT2D eigenvalue weighted by atomic mass is 10.3. The van der Waals surface area contributed by atoms with Gasteiger partial charge in [-0.05, 0) is 55.3 Å². The van der Waals surface area contributed by atoms with Crippen LogP contribution in [0.2, 0.25) is 5.02 Å². The molecule has 27 heavy (non-hydrogen) atoms. The zero-order valence-corrected chi connectivity index (χ0v) is 16.2. The number of ether oxygens (including phenoxy) is 1. The van der Waals surface area contributed by atoms with Crippen molar-refractivity contribution in [2.45, 2.75) is 36.6 Å². The summed E-state index contributed by atoms with van der Waals surface area (Å²) in [5, 5.41) is 3.20. The molecule has 1 amide bonds. The summed E-state index contributed by atoms with van der Waals surface area (Å²) in [5.74, 6) is 0.0768. The molecule has 144 valence electrons. The first-order valence-electron chi connectivity index (χ1n) is 8.73. The van der Waals surface area contributed by atoms with E-state index in [9.17, 15) is 13.2 Å². The molecule has 6 nitrogen and oxygen atoms in total. The van der Waals surface area contributed by atoms with Crippen LogP contribution in [-0.2, 0) is 14.8 Å². The molecular formula is C19H21ClN2O4S. The Hall–Kier alpha value is -2.09. The van der Waals surface area contributed by atoms with Crippen LogP contribution in [0.1, 0.15) is 25.7 Å². The van der Waals surface area contributed by atoms with E-state index in [0.717, 1.165) is 25.7 Å². The van der Waals surface area contributed by atoms with Gasteiger partial charge in [-0.15, -0.1) is 0 Å². The monoisotopic (exact) mass is 408 g/mol. The van der Waals surface area contributed by atoms with Crippen LogP contribution in [-0.4, -0.2) is 27.0 Å². The Morgan fingerprint density at radius 3 is 2.48 bits per heavy atom. The average molecular weight is 409 g/mol. The summed E-state index contributed by atoms with van der Waals surface area (Å²) in [5.41, 5.74) is 0.579. The van der Waals surface area contributed by atoms with E-state index < -0.39 is 10.0 Å². The Bertz CT molecular complexity index is 894. The summed E-state index contributed by atoms with van der Waals surface area (Å²) in [6, 6.07) is 12.8. The molecule has 0 aliphatic heterocycles. The molecule has 0 aromatic heterocycles. The van der Waals surface area contributed by atoms with Crippen molar-refractivity contribution >= 4 is 33.2 Å². The van der Waals surface area contributed by atoms with Gasteiger partial charge in [0.25, 0.3) is 5.91 Å². The predicted octanol–water partition coefficient (Wildman–Crippen LogP) is 3.58. The van der Waals surface area contributed by atoms with Crippen LogP contribution in [0.25, 0.3) is 0 Å². The van der Waals surface area contributed by atoms with Crippen molar-refractivity contribution < 1.29 is 17.9 Å². The second kappa shape index (κ2) is 8.73. The van der Waals surface area contributed by atoms with Gasteiger partial charge in [0.05, 0.1) is 4.90 Å². The molecule has 1 aliphatic rings. The maximum atomic E-state index is 12.4. The van der Waals surface area contributed by atoms with E-state index in [1.54, 1.807) is 24.3 Å². The molecule has 0 radical (unpaired) electrons. The normalized spacial score (nSPS) is 14.9. The van der Waals surface area contributed by atoms with Crippen LogP contribution in [0, 0.1) is 0 Å². The van der Waals surface area contributed by atoms with Gasteiger partial charge in [0, 0.05) is 16.8 Å². The van der Waals surface area contributed by atoms with Crippen molar-refractivity contribution in [2.24, 2.45) is 0 Å². The van der Waals surface area contributed by atoms with E-state index in [-0.39, 0.29) is 23.5 Å². The number of anilines is 1. The summed E-state index contributed by atoms with van der Waals surface area (Å²) in [6.07, 6.45) is 3.86. The van der Waals surface area contributed by atoms with Gasteiger partial charge >= 0.3 is 0 Å². The van der Waals surface area contributed by atoms with Gasteiger partial charge < -0.3 is 10.1 Å². The van der Waals surface area contributed by atoms with E-state index in [4.69, 9.17) is 16.3 Å². The topological polar surface area (TPSA) is 84.5 Å². The number of sulfonamides is 1. The zero-order valence-electron chi connectivity index (χ0n) is 14.7. The molecule has 0 unspecified atom stereocenters. The van der Waals surface area contributed by atoms with Gasteiger partial charge in [-0.25, -0.2) is 13.1 Å². The molecule has 1 saturated carbocycles. The minimum atomic E-state index is -3.53. The molecule has 0 heterocycles. The molecule has 2 aromatic carbocycles. The third kappa shape index (κ3) is 5.69. The van der Waals surface area contributed by atoms with Gasteiger partial charge in [0.15, 0.2) is 6.61 Å². The van der Waals surface area contributed by atoms with Crippen LogP contribution in [0.3, 0.4) is 0 Å². The fourth-order valence-corrected chi connectivity index (χ4v) is 4.45. The number of carbonyl (C=O) groups is 1. The molecule has 1 fully saturated rings. The van der Waals surface area contributed by atoms with E-state index in [1.165, 1.54) is 24.3 Å². The zero-order chi connectivity index (χ0) is 19.3. The van der Waals surface area contributed by atoms with Gasteiger partial charge in [0.1, 0.15) is 5.75 Å². The maximum Gasteiger partial charge on any atom is 0.262 e. The van der Waals surface area contributed by atoms with Crippen LogP contribution >= 0.6 is 11.6 Å². The Morgan fingerprint density at radius 2 is 1.81 bits per heavy atom. The fraction of sp³-hybridized carbons (Fsp3) is 0.316. The molecule has 0 atom stereocenters. The molecule has 0 spiro atoms. The molecular weight excluding hydrogens is 388 g/mol.